The molecule has 4 aliphatic carbocycles. The van der Waals surface area contributed by atoms with Crippen LogP contribution in [0.3, 0.4) is 0 Å². The molecule has 0 unspecified atom stereocenters. The molecule has 35 atom stereocenters. The third kappa shape index (κ3) is 11.7. The molecule has 0 spiro atoms. The third-order valence-corrected chi connectivity index (χ3v) is 20.9. The van der Waals surface area contributed by atoms with Crippen LogP contribution >= 0.6 is 0 Å². The number of aliphatic hydroxyl groups excluding tert-OH is 14. The predicted octanol–water partition coefficient (Wildman–Crippen LogP) is -3.21. The van der Waals surface area contributed by atoms with Gasteiger partial charge in [-0.15, -0.1) is 0 Å². The van der Waals surface area contributed by atoms with Gasteiger partial charge >= 0.3 is 0 Å². The molecule has 6 heterocycles. The van der Waals surface area contributed by atoms with Crippen LogP contribution in [0.2, 0.25) is 0 Å². The van der Waals surface area contributed by atoms with E-state index in [1.165, 1.54) is 26.3 Å². The Morgan fingerprint density at radius 1 is 0.578 bits per heavy atom. The molecule has 476 valence electrons. The van der Waals surface area contributed by atoms with Gasteiger partial charge in [-0.1, -0.05) is 32.4 Å². The molecule has 10 rings (SSSR count). The van der Waals surface area contributed by atoms with Gasteiger partial charge in [0.05, 0.1) is 44.2 Å². The van der Waals surface area contributed by atoms with Crippen LogP contribution in [0.4, 0.5) is 0 Å². The zero-order valence-electron chi connectivity index (χ0n) is 48.1. The van der Waals surface area contributed by atoms with E-state index in [9.17, 15) is 76.6 Å². The van der Waals surface area contributed by atoms with Gasteiger partial charge < -0.3 is 129 Å². The standard InChI is InChI=1S/C57H92O26/c1-21(20-73-50-41(67)39(65)36(62)31(18-58)79-50)8-11-33-57(7,72)49-30(78-33)17-29-27-10-9-25-16-26(12-14-55(25,5)28(27)13-15-56(29,49)6)77-54-48(83-52-43(69)38(64)35(61)23(3)75-52)45(71)47(32(19-59)80-54)82-53-44(70)40(66)46(24(4)76-53)81-51-42(68)37(63)34(60)22(2)74-51/h9,11,21-24,26-32,34-54,58-72H,8,10,12-20H2,1-7H3/b33-11-/t21-,22+,23+,24+,26+,27-,28+,29+,30+,31-,32-,34+,35+,36-,37-,38-,39+,40+,41-,42-,43-,44-,45+,46+,47-,48-,49+,50-,51+,52+,53+,54-,55+,56+,57-/m1/s1. The molecule has 0 aromatic carbocycles. The second-order valence-corrected chi connectivity index (χ2v) is 26.3. The van der Waals surface area contributed by atoms with Crippen molar-refractivity contribution >= 4 is 0 Å². The first-order chi connectivity index (χ1) is 39.1. The van der Waals surface area contributed by atoms with Crippen LogP contribution in [0.5, 0.6) is 0 Å². The highest BCUT2D eigenvalue weighted by Gasteiger charge is 2.69. The van der Waals surface area contributed by atoms with E-state index in [0.717, 1.165) is 32.1 Å². The molecule has 0 radical (unpaired) electrons. The van der Waals surface area contributed by atoms with Gasteiger partial charge in [-0.3, -0.25) is 0 Å². The summed E-state index contributed by atoms with van der Waals surface area (Å²) in [6.07, 6.45) is -28.2. The third-order valence-electron chi connectivity index (χ3n) is 20.9. The SMILES string of the molecule is C[C@H](C/C=C1\O[C@H]2C[C@H]3[C@@H]4CC=C5C[C@@H](O[C@@H]6O[C@H](CO)[C@@H](O[C@@H]7O[C@@H](C)[C@H](O[C@@H]8O[C@@H](C)[C@H](O)[C@@H](O)[C@H]8O)[C@@H](O)[C@H]7O)[C@H](O)[C@H]6O[C@@H]6O[C@@H](C)[C@H](O)[C@@H](O)[C@H]6O)CC[C@]5(C)[C@H]4CC[C@]3(C)[C@H]2[C@]1(C)O)CO[C@@H]1O[C@H](CO)[C@@H](O)[C@H](O)[C@H]1O. The van der Waals surface area contributed by atoms with Crippen LogP contribution in [-0.2, 0) is 52.1 Å². The van der Waals surface area contributed by atoms with Crippen molar-refractivity contribution in [3.8, 4) is 0 Å². The quantitative estimate of drug-likeness (QED) is 0.0718. The van der Waals surface area contributed by atoms with Crippen molar-refractivity contribution in [1.82, 2.24) is 0 Å². The Hall–Kier alpha value is -1.72. The molecule has 26 heteroatoms. The predicted molar refractivity (Wildman–Crippen MR) is 280 cm³/mol. The van der Waals surface area contributed by atoms with Gasteiger partial charge in [-0.05, 0) is 120 Å². The second-order valence-electron chi connectivity index (χ2n) is 26.3. The maximum Gasteiger partial charge on any atom is 0.187 e. The summed E-state index contributed by atoms with van der Waals surface area (Å²) >= 11 is 0. The van der Waals surface area contributed by atoms with E-state index < -0.39 is 178 Å². The summed E-state index contributed by atoms with van der Waals surface area (Å²) < 4.78 is 66.6. The molecule has 83 heavy (non-hydrogen) atoms. The summed E-state index contributed by atoms with van der Waals surface area (Å²) in [4.78, 5) is 0. The van der Waals surface area contributed by atoms with Crippen LogP contribution in [0.1, 0.15) is 99.8 Å². The fourth-order valence-corrected chi connectivity index (χ4v) is 16.1. The Labute approximate surface area is 482 Å². The Kier molecular flexibility index (Phi) is 19.3. The Balaban J connectivity index is 0.796. The summed E-state index contributed by atoms with van der Waals surface area (Å²) in [5.41, 5.74) is -0.463. The van der Waals surface area contributed by atoms with Crippen LogP contribution < -0.4 is 0 Å². The maximum absolute atomic E-state index is 12.4. The summed E-state index contributed by atoms with van der Waals surface area (Å²) in [5.74, 6) is 1.15. The molecule has 3 saturated carbocycles. The fourth-order valence-electron chi connectivity index (χ4n) is 16.1. The summed E-state index contributed by atoms with van der Waals surface area (Å²) in [6, 6.07) is 0. The molecular weight excluding hydrogens is 1100 g/mol. The van der Waals surface area contributed by atoms with E-state index in [4.69, 9.17) is 52.1 Å². The Morgan fingerprint density at radius 2 is 1.13 bits per heavy atom. The summed E-state index contributed by atoms with van der Waals surface area (Å²) in [7, 11) is 0. The number of aliphatic hydroxyl groups is 15. The number of hydrogen-bond acceptors (Lipinski definition) is 26. The van der Waals surface area contributed by atoms with Gasteiger partial charge in [-0.25, -0.2) is 0 Å². The molecule has 0 aromatic rings. The molecule has 6 saturated heterocycles. The van der Waals surface area contributed by atoms with E-state index in [-0.39, 0.29) is 41.3 Å². The van der Waals surface area contributed by atoms with Gasteiger partial charge in [0.25, 0.3) is 0 Å². The van der Waals surface area contributed by atoms with E-state index in [0.29, 0.717) is 36.9 Å². The maximum atomic E-state index is 12.4. The normalized spacial score (nSPS) is 55.4. The van der Waals surface area contributed by atoms with Crippen molar-refractivity contribution in [1.29, 1.82) is 0 Å². The smallest absolute Gasteiger partial charge is 0.187 e. The van der Waals surface area contributed by atoms with Crippen LogP contribution in [0.15, 0.2) is 23.5 Å². The van der Waals surface area contributed by atoms with E-state index >= 15 is 0 Å². The lowest BCUT2D eigenvalue weighted by Crippen LogP contribution is -2.67. The van der Waals surface area contributed by atoms with Gasteiger partial charge in [0.1, 0.15) is 121 Å². The second kappa shape index (κ2) is 24.9. The van der Waals surface area contributed by atoms with Gasteiger partial charge in [0, 0.05) is 5.92 Å². The minimum Gasteiger partial charge on any atom is -0.492 e. The monoisotopic (exact) mass is 1190 g/mol. The van der Waals surface area contributed by atoms with Crippen molar-refractivity contribution in [3.63, 3.8) is 0 Å². The first-order valence-corrected chi connectivity index (χ1v) is 29.8. The molecule has 26 nitrogen and oxygen atoms in total. The van der Waals surface area contributed by atoms with Crippen molar-refractivity contribution in [3.05, 3.63) is 23.5 Å². The van der Waals surface area contributed by atoms with Gasteiger partial charge in [0.2, 0.25) is 0 Å². The van der Waals surface area contributed by atoms with Crippen molar-refractivity contribution in [2.24, 2.45) is 40.4 Å². The minimum atomic E-state index is -1.89. The topological polar surface area (TPSA) is 405 Å². The van der Waals surface area contributed by atoms with Crippen LogP contribution in [0.25, 0.3) is 0 Å². The highest BCUT2D eigenvalue weighted by Crippen LogP contribution is 2.70. The molecule has 0 aromatic heterocycles. The zero-order valence-corrected chi connectivity index (χ0v) is 48.1. The molecule has 9 fully saturated rings. The van der Waals surface area contributed by atoms with Crippen LogP contribution in [0, 0.1) is 40.4 Å². The number of allylic oxidation sites excluding steroid dienone is 2. The minimum absolute atomic E-state index is 0.115. The lowest BCUT2D eigenvalue weighted by molar-refractivity contribution is -0.394. The molecule has 6 aliphatic heterocycles. The van der Waals surface area contributed by atoms with E-state index in [1.54, 1.807) is 0 Å². The molecule has 0 bridgehead atoms. The molecule has 10 aliphatic rings. The summed E-state index contributed by atoms with van der Waals surface area (Å²) in [6.45, 7) is 11.6. The lowest BCUT2D eigenvalue weighted by Gasteiger charge is -2.58. The van der Waals surface area contributed by atoms with Gasteiger partial charge in [0.15, 0.2) is 31.5 Å². The van der Waals surface area contributed by atoms with Crippen molar-refractivity contribution in [2.45, 2.75) is 271 Å². The van der Waals surface area contributed by atoms with Crippen molar-refractivity contribution in [2.75, 3.05) is 19.8 Å². The average molecular weight is 1190 g/mol. The first-order valence-electron chi connectivity index (χ1n) is 29.8. The molecule has 0 amide bonds. The number of hydrogen-bond donors (Lipinski definition) is 15. The highest BCUT2D eigenvalue weighted by atomic mass is 16.8. The van der Waals surface area contributed by atoms with E-state index in [1.807, 2.05) is 19.9 Å². The lowest BCUT2D eigenvalue weighted by atomic mass is 9.46. The fraction of sp³-hybridized carbons (Fsp3) is 0.930. The van der Waals surface area contributed by atoms with Gasteiger partial charge in [-0.2, -0.15) is 0 Å². The number of rotatable bonds is 15. The van der Waals surface area contributed by atoms with Crippen LogP contribution in [-0.4, -0.2) is 268 Å². The highest BCUT2D eigenvalue weighted by molar-refractivity contribution is 5.29. The molecular formula is C57H92O26. The summed E-state index contributed by atoms with van der Waals surface area (Å²) in [5, 5.41) is 162. The number of fused-ring (bicyclic) bond motifs is 7. The Morgan fingerprint density at radius 3 is 1.76 bits per heavy atom. The first kappa shape index (κ1) is 64.3. The Bertz CT molecular complexity index is 2260. The zero-order chi connectivity index (χ0) is 60.1. The average Bonchev–Trinajstić information content (AvgIpc) is 3.21. The largest absolute Gasteiger partial charge is 0.492 e. The van der Waals surface area contributed by atoms with Crippen molar-refractivity contribution < 1.29 is 129 Å². The van der Waals surface area contributed by atoms with E-state index in [2.05, 4.69) is 19.9 Å². The molecule has 15 N–H and O–H groups in total. The number of ether oxygens (including phenoxy) is 11.